The number of carbonyl (C=O) groups is 1. The van der Waals surface area contributed by atoms with Gasteiger partial charge in [-0.1, -0.05) is 30.3 Å². The van der Waals surface area contributed by atoms with Crippen molar-refractivity contribution in [1.29, 1.82) is 0 Å². The van der Waals surface area contributed by atoms with E-state index in [2.05, 4.69) is 16.7 Å². The normalized spacial score (nSPS) is 10.9. The van der Waals surface area contributed by atoms with E-state index in [9.17, 15) is 9.90 Å². The first kappa shape index (κ1) is 16.1. The molecule has 0 bridgehead atoms. The molecule has 1 aromatic heterocycles. The zero-order valence-electron chi connectivity index (χ0n) is 14.0. The van der Waals surface area contributed by atoms with E-state index < -0.39 is 0 Å². The van der Waals surface area contributed by atoms with Crippen molar-refractivity contribution in [1.82, 2.24) is 4.57 Å². The molecule has 0 aliphatic carbocycles. The van der Waals surface area contributed by atoms with Gasteiger partial charge in [0.15, 0.2) is 0 Å². The van der Waals surface area contributed by atoms with Gasteiger partial charge in [0.2, 0.25) is 0 Å². The number of esters is 1. The lowest BCUT2D eigenvalue weighted by Gasteiger charge is -2.09. The van der Waals surface area contributed by atoms with Gasteiger partial charge in [-0.25, -0.2) is 4.79 Å². The van der Waals surface area contributed by atoms with Crippen molar-refractivity contribution in [2.75, 3.05) is 6.61 Å². The van der Waals surface area contributed by atoms with Gasteiger partial charge >= 0.3 is 5.97 Å². The highest BCUT2D eigenvalue weighted by Crippen LogP contribution is 2.30. The lowest BCUT2D eigenvalue weighted by atomic mass is 10.1. The Morgan fingerprint density at radius 3 is 2.62 bits per heavy atom. The maximum Gasteiger partial charge on any atom is 0.340 e. The summed E-state index contributed by atoms with van der Waals surface area (Å²) < 4.78 is 7.32. The molecular formula is C20H21NO3. The number of ether oxygens (including phenoxy) is 1. The summed E-state index contributed by atoms with van der Waals surface area (Å²) in [5, 5.41) is 10.5. The standard InChI is InChI=1S/C20H21NO3/c1-3-24-20(23)19-14(2)21(12-11-15-7-5-4-6-8-15)18-10-9-16(22)13-17(18)19/h4-10,13,22H,3,11-12H2,1-2H3. The SMILES string of the molecule is CCOC(=O)c1c(C)n(CCc2ccccc2)c2ccc(O)cc12. The van der Waals surface area contributed by atoms with Crippen LogP contribution in [0.1, 0.15) is 28.5 Å². The molecule has 0 saturated heterocycles. The highest BCUT2D eigenvalue weighted by atomic mass is 16.5. The molecule has 2 aromatic carbocycles. The second-order valence-corrected chi connectivity index (χ2v) is 5.77. The van der Waals surface area contributed by atoms with Crippen LogP contribution in [0.5, 0.6) is 5.75 Å². The van der Waals surface area contributed by atoms with Crippen LogP contribution in [-0.2, 0) is 17.7 Å². The van der Waals surface area contributed by atoms with Crippen molar-refractivity contribution in [3.63, 3.8) is 0 Å². The topological polar surface area (TPSA) is 51.5 Å². The molecule has 0 unspecified atom stereocenters. The molecule has 24 heavy (non-hydrogen) atoms. The van der Waals surface area contributed by atoms with Crippen LogP contribution in [0.15, 0.2) is 48.5 Å². The molecule has 0 atom stereocenters. The second-order valence-electron chi connectivity index (χ2n) is 5.77. The number of aryl methyl sites for hydroxylation is 2. The summed E-state index contributed by atoms with van der Waals surface area (Å²) in [6.45, 7) is 4.80. The lowest BCUT2D eigenvalue weighted by molar-refractivity contribution is 0.0527. The molecule has 0 saturated carbocycles. The van der Waals surface area contributed by atoms with Crippen LogP contribution in [0.2, 0.25) is 0 Å². The Labute approximate surface area is 141 Å². The molecular weight excluding hydrogens is 302 g/mol. The number of phenols is 1. The Balaban J connectivity index is 2.04. The quantitative estimate of drug-likeness (QED) is 0.720. The summed E-state index contributed by atoms with van der Waals surface area (Å²) in [6.07, 6.45) is 0.870. The smallest absolute Gasteiger partial charge is 0.340 e. The maximum absolute atomic E-state index is 12.4. The van der Waals surface area contributed by atoms with Gasteiger partial charge in [0.25, 0.3) is 0 Å². The van der Waals surface area contributed by atoms with Crippen LogP contribution < -0.4 is 0 Å². The van der Waals surface area contributed by atoms with Gasteiger partial charge in [0.1, 0.15) is 5.75 Å². The number of rotatable bonds is 5. The average Bonchev–Trinajstić information content (AvgIpc) is 2.85. The molecule has 0 spiro atoms. The third-order valence-electron chi connectivity index (χ3n) is 4.25. The molecule has 124 valence electrons. The van der Waals surface area contributed by atoms with E-state index in [-0.39, 0.29) is 11.7 Å². The van der Waals surface area contributed by atoms with E-state index in [0.717, 1.165) is 29.6 Å². The highest BCUT2D eigenvalue weighted by molar-refractivity contribution is 6.06. The largest absolute Gasteiger partial charge is 0.508 e. The predicted octanol–water partition coefficient (Wildman–Crippen LogP) is 4.07. The van der Waals surface area contributed by atoms with Crippen LogP contribution in [0.3, 0.4) is 0 Å². The fourth-order valence-electron chi connectivity index (χ4n) is 3.10. The van der Waals surface area contributed by atoms with Crippen molar-refractivity contribution in [3.8, 4) is 5.75 Å². The van der Waals surface area contributed by atoms with Crippen molar-refractivity contribution in [2.45, 2.75) is 26.8 Å². The Hall–Kier alpha value is -2.75. The molecule has 0 aliphatic heterocycles. The summed E-state index contributed by atoms with van der Waals surface area (Å²) in [5.41, 5.74) is 3.58. The summed E-state index contributed by atoms with van der Waals surface area (Å²) in [6, 6.07) is 15.4. The van der Waals surface area contributed by atoms with Gasteiger partial charge < -0.3 is 14.4 Å². The predicted molar refractivity (Wildman–Crippen MR) is 94.4 cm³/mol. The summed E-state index contributed by atoms with van der Waals surface area (Å²) in [7, 11) is 0. The monoisotopic (exact) mass is 323 g/mol. The number of phenolic OH excluding ortho intramolecular Hbond substituents is 1. The minimum absolute atomic E-state index is 0.147. The van der Waals surface area contributed by atoms with Crippen molar-refractivity contribution < 1.29 is 14.6 Å². The number of hydrogen-bond donors (Lipinski definition) is 1. The highest BCUT2D eigenvalue weighted by Gasteiger charge is 2.21. The Kier molecular flexibility index (Phi) is 4.56. The third-order valence-corrected chi connectivity index (χ3v) is 4.25. The minimum Gasteiger partial charge on any atom is -0.508 e. The van der Waals surface area contributed by atoms with Crippen LogP contribution >= 0.6 is 0 Å². The van der Waals surface area contributed by atoms with E-state index in [1.807, 2.05) is 31.2 Å². The number of benzene rings is 2. The Bertz CT molecular complexity index is 865. The minimum atomic E-state index is -0.343. The molecule has 0 aliphatic rings. The number of hydrogen-bond acceptors (Lipinski definition) is 3. The summed E-state index contributed by atoms with van der Waals surface area (Å²) in [5.74, 6) is -0.197. The van der Waals surface area contributed by atoms with Crippen LogP contribution in [0.4, 0.5) is 0 Å². The summed E-state index contributed by atoms with van der Waals surface area (Å²) in [4.78, 5) is 12.4. The van der Waals surface area contributed by atoms with Crippen LogP contribution in [-0.4, -0.2) is 22.2 Å². The maximum atomic E-state index is 12.4. The number of carbonyl (C=O) groups excluding carboxylic acids is 1. The zero-order valence-corrected chi connectivity index (χ0v) is 14.0. The molecule has 4 heteroatoms. The number of aromatic hydroxyl groups is 1. The van der Waals surface area contributed by atoms with Gasteiger partial charge in [-0.15, -0.1) is 0 Å². The van der Waals surface area contributed by atoms with Crippen molar-refractivity contribution in [2.24, 2.45) is 0 Å². The van der Waals surface area contributed by atoms with Crippen LogP contribution in [0.25, 0.3) is 10.9 Å². The second kappa shape index (κ2) is 6.79. The first-order valence-corrected chi connectivity index (χ1v) is 8.14. The molecule has 0 radical (unpaired) electrons. The number of aromatic nitrogens is 1. The van der Waals surface area contributed by atoms with Crippen LogP contribution in [0, 0.1) is 6.92 Å². The van der Waals surface area contributed by atoms with E-state index in [1.165, 1.54) is 5.56 Å². The van der Waals surface area contributed by atoms with Crippen molar-refractivity contribution >= 4 is 16.9 Å². The van der Waals surface area contributed by atoms with Gasteiger partial charge in [-0.2, -0.15) is 0 Å². The molecule has 0 amide bonds. The van der Waals surface area contributed by atoms with E-state index in [0.29, 0.717) is 12.2 Å². The van der Waals surface area contributed by atoms with E-state index in [4.69, 9.17) is 4.74 Å². The van der Waals surface area contributed by atoms with Gasteiger partial charge in [0.05, 0.1) is 12.2 Å². The Morgan fingerprint density at radius 1 is 1.17 bits per heavy atom. The first-order chi connectivity index (χ1) is 11.6. The molecule has 1 N–H and O–H groups in total. The number of fused-ring (bicyclic) bond motifs is 1. The summed E-state index contributed by atoms with van der Waals surface area (Å²) >= 11 is 0. The average molecular weight is 323 g/mol. The fraction of sp³-hybridized carbons (Fsp3) is 0.250. The van der Waals surface area contributed by atoms with Gasteiger partial charge in [0, 0.05) is 23.1 Å². The zero-order chi connectivity index (χ0) is 17.1. The van der Waals surface area contributed by atoms with Gasteiger partial charge in [-0.3, -0.25) is 0 Å². The van der Waals surface area contributed by atoms with E-state index >= 15 is 0 Å². The molecule has 1 heterocycles. The van der Waals surface area contributed by atoms with Crippen molar-refractivity contribution in [3.05, 3.63) is 65.4 Å². The Morgan fingerprint density at radius 2 is 1.92 bits per heavy atom. The molecule has 3 rings (SSSR count). The van der Waals surface area contributed by atoms with Gasteiger partial charge in [-0.05, 0) is 44.0 Å². The third kappa shape index (κ3) is 3.00. The fourth-order valence-corrected chi connectivity index (χ4v) is 3.10. The van der Waals surface area contributed by atoms with E-state index in [1.54, 1.807) is 19.1 Å². The molecule has 4 nitrogen and oxygen atoms in total. The molecule has 3 aromatic rings. The first-order valence-electron chi connectivity index (χ1n) is 8.14. The number of nitrogens with zero attached hydrogens (tertiary/aromatic N) is 1. The lowest BCUT2D eigenvalue weighted by Crippen LogP contribution is -2.08. The molecule has 0 fully saturated rings.